The van der Waals surface area contributed by atoms with Crippen LogP contribution in [0.25, 0.3) is 10.9 Å². The van der Waals surface area contributed by atoms with Crippen LogP contribution in [-0.4, -0.2) is 44.9 Å². The van der Waals surface area contributed by atoms with Gasteiger partial charge in [0.15, 0.2) is 0 Å². The number of nitrogens with one attached hydrogen (secondary N) is 1. The molecule has 2 saturated heterocycles. The number of fused-ring (bicyclic) bond motifs is 3. The molecule has 1 aromatic carbocycles. The minimum Gasteiger partial charge on any atom is -0.350 e. The maximum atomic E-state index is 12.4. The molecule has 2 aromatic rings. The molecule has 112 valence electrons. The van der Waals surface area contributed by atoms with Crippen LogP contribution in [0.5, 0.6) is 0 Å². The number of amides is 2. The average Bonchev–Trinajstić information content (AvgIpc) is 3.09. The van der Waals surface area contributed by atoms with Gasteiger partial charge < -0.3 is 10.2 Å². The summed E-state index contributed by atoms with van der Waals surface area (Å²) in [5.41, 5.74) is 0.364. The van der Waals surface area contributed by atoms with Crippen molar-refractivity contribution < 1.29 is 9.59 Å². The zero-order valence-corrected chi connectivity index (χ0v) is 11.7. The zero-order valence-electron chi connectivity index (χ0n) is 11.7. The second-order valence-corrected chi connectivity index (χ2v) is 5.70. The number of para-hydroxylation sites is 1. The average molecular weight is 298 g/mol. The van der Waals surface area contributed by atoms with Crippen molar-refractivity contribution >= 4 is 22.7 Å². The third-order valence-electron chi connectivity index (χ3n) is 4.31. The van der Waals surface area contributed by atoms with Crippen molar-refractivity contribution in [2.24, 2.45) is 0 Å². The molecule has 2 amide bonds. The number of aromatic nitrogens is 2. The molecule has 4 rings (SSSR count). The highest BCUT2D eigenvalue weighted by molar-refractivity contribution is 5.91. The van der Waals surface area contributed by atoms with Crippen LogP contribution in [0.2, 0.25) is 0 Å². The van der Waals surface area contributed by atoms with Gasteiger partial charge in [0.05, 0.1) is 17.2 Å². The molecule has 22 heavy (non-hydrogen) atoms. The molecule has 1 N–H and O–H groups in total. The summed E-state index contributed by atoms with van der Waals surface area (Å²) >= 11 is 0. The van der Waals surface area contributed by atoms with Crippen molar-refractivity contribution in [3.8, 4) is 0 Å². The number of piperazine rings is 1. The van der Waals surface area contributed by atoms with E-state index < -0.39 is 0 Å². The van der Waals surface area contributed by atoms with E-state index in [4.69, 9.17) is 0 Å². The van der Waals surface area contributed by atoms with Crippen molar-refractivity contribution in [2.45, 2.75) is 25.0 Å². The van der Waals surface area contributed by atoms with Crippen LogP contribution in [0.3, 0.4) is 0 Å². The molecule has 0 saturated carbocycles. The van der Waals surface area contributed by atoms with Gasteiger partial charge in [0.2, 0.25) is 11.8 Å². The number of hydrogen-bond acceptors (Lipinski definition) is 4. The Labute approximate surface area is 125 Å². The fourth-order valence-corrected chi connectivity index (χ4v) is 3.22. The lowest BCUT2D eigenvalue weighted by molar-refractivity contribution is -0.140. The molecular formula is C15H14N4O3. The second-order valence-electron chi connectivity index (χ2n) is 5.70. The molecule has 7 nitrogen and oxygen atoms in total. The van der Waals surface area contributed by atoms with Crippen molar-refractivity contribution in [3.63, 3.8) is 0 Å². The second kappa shape index (κ2) is 4.66. The highest BCUT2D eigenvalue weighted by Gasteiger charge is 2.45. The summed E-state index contributed by atoms with van der Waals surface area (Å²) in [6.45, 7) is 0.429. The Kier molecular flexibility index (Phi) is 2.75. The summed E-state index contributed by atoms with van der Waals surface area (Å²) in [6, 6.07) is 6.68. The Morgan fingerprint density at radius 1 is 1.32 bits per heavy atom. The Balaban J connectivity index is 1.61. The van der Waals surface area contributed by atoms with Gasteiger partial charge in [-0.15, -0.1) is 0 Å². The maximum absolute atomic E-state index is 12.4. The van der Waals surface area contributed by atoms with Crippen molar-refractivity contribution in [3.05, 3.63) is 40.9 Å². The summed E-state index contributed by atoms with van der Waals surface area (Å²) in [5, 5.41) is 3.31. The van der Waals surface area contributed by atoms with E-state index in [2.05, 4.69) is 10.3 Å². The van der Waals surface area contributed by atoms with Crippen LogP contribution in [0, 0.1) is 0 Å². The van der Waals surface area contributed by atoms with E-state index in [1.165, 1.54) is 10.9 Å². The first-order valence-electron chi connectivity index (χ1n) is 7.17. The van der Waals surface area contributed by atoms with Gasteiger partial charge in [-0.1, -0.05) is 12.1 Å². The molecule has 2 fully saturated rings. The molecule has 2 atom stereocenters. The van der Waals surface area contributed by atoms with Crippen LogP contribution in [0.15, 0.2) is 35.4 Å². The van der Waals surface area contributed by atoms with E-state index in [0.717, 1.165) is 0 Å². The standard InChI is InChI=1S/C15H14N4O3/c20-13(19-6-9-5-12(19)14(21)17-9)7-18-8-16-11-4-2-1-3-10(11)15(18)22/h1-4,8-9,12H,5-7H2,(H,17,21)/t9-,12-/m0/s1. The summed E-state index contributed by atoms with van der Waals surface area (Å²) in [6.07, 6.45) is 2.05. The highest BCUT2D eigenvalue weighted by atomic mass is 16.2. The fourth-order valence-electron chi connectivity index (χ4n) is 3.22. The molecule has 2 bridgehead atoms. The summed E-state index contributed by atoms with van der Waals surface area (Å²) in [4.78, 5) is 42.2. The third-order valence-corrected chi connectivity index (χ3v) is 4.31. The molecule has 2 aliphatic heterocycles. The van der Waals surface area contributed by atoms with Crippen LogP contribution < -0.4 is 10.9 Å². The first kappa shape index (κ1) is 13.0. The van der Waals surface area contributed by atoms with E-state index in [1.54, 1.807) is 23.1 Å². The Morgan fingerprint density at radius 3 is 2.91 bits per heavy atom. The third kappa shape index (κ3) is 1.89. The topological polar surface area (TPSA) is 84.3 Å². The molecule has 0 spiro atoms. The number of nitrogens with zero attached hydrogens (tertiary/aromatic N) is 3. The highest BCUT2D eigenvalue weighted by Crippen LogP contribution is 2.24. The van der Waals surface area contributed by atoms with Crippen molar-refractivity contribution in [1.82, 2.24) is 19.8 Å². The van der Waals surface area contributed by atoms with Crippen LogP contribution in [-0.2, 0) is 16.1 Å². The lowest BCUT2D eigenvalue weighted by atomic mass is 10.2. The van der Waals surface area contributed by atoms with Crippen molar-refractivity contribution in [1.29, 1.82) is 0 Å². The predicted molar refractivity (Wildman–Crippen MR) is 78.1 cm³/mol. The van der Waals surface area contributed by atoms with Gasteiger partial charge in [0.25, 0.3) is 5.56 Å². The molecule has 2 aliphatic rings. The van der Waals surface area contributed by atoms with E-state index in [0.29, 0.717) is 23.9 Å². The summed E-state index contributed by atoms with van der Waals surface area (Å²) < 4.78 is 1.30. The van der Waals surface area contributed by atoms with Gasteiger partial charge in [0.1, 0.15) is 12.6 Å². The van der Waals surface area contributed by atoms with Gasteiger partial charge in [-0.25, -0.2) is 4.98 Å². The minimum atomic E-state index is -0.387. The molecule has 1 aromatic heterocycles. The molecule has 3 heterocycles. The number of rotatable bonds is 2. The normalized spacial score (nSPS) is 23.1. The number of hydrogen-bond donors (Lipinski definition) is 1. The smallest absolute Gasteiger partial charge is 0.261 e. The first-order chi connectivity index (χ1) is 10.6. The van der Waals surface area contributed by atoms with Gasteiger partial charge in [-0.2, -0.15) is 0 Å². The lowest BCUT2D eigenvalue weighted by Gasteiger charge is -2.26. The fraction of sp³-hybridized carbons (Fsp3) is 0.333. The molecule has 0 unspecified atom stereocenters. The zero-order chi connectivity index (χ0) is 15.3. The van der Waals surface area contributed by atoms with Crippen LogP contribution >= 0.6 is 0 Å². The molecule has 7 heteroatoms. The van der Waals surface area contributed by atoms with Gasteiger partial charge in [-0.05, 0) is 18.6 Å². The van der Waals surface area contributed by atoms with Crippen molar-refractivity contribution in [2.75, 3.05) is 6.54 Å². The number of likely N-dealkylation sites (tertiary alicyclic amines) is 1. The predicted octanol–water partition coefficient (Wildman–Crippen LogP) is -0.504. The SMILES string of the molecule is O=C1N[C@H]2C[C@@H]1N(C(=O)Cn1cnc3ccccc3c1=O)C2. The summed E-state index contributed by atoms with van der Waals surface area (Å²) in [5.74, 6) is -0.324. The molecular weight excluding hydrogens is 284 g/mol. The van der Waals surface area contributed by atoms with Crippen LogP contribution in [0.4, 0.5) is 0 Å². The quantitative estimate of drug-likeness (QED) is 0.810. The van der Waals surface area contributed by atoms with Gasteiger partial charge in [-0.3, -0.25) is 19.0 Å². The Hall–Kier alpha value is -2.70. The van der Waals surface area contributed by atoms with E-state index >= 15 is 0 Å². The van der Waals surface area contributed by atoms with E-state index in [9.17, 15) is 14.4 Å². The van der Waals surface area contributed by atoms with E-state index in [1.807, 2.05) is 6.07 Å². The number of carbonyl (C=O) groups is 2. The number of carbonyl (C=O) groups excluding carboxylic acids is 2. The molecule has 0 aliphatic carbocycles. The Bertz CT molecular complexity index is 844. The molecule has 0 radical (unpaired) electrons. The van der Waals surface area contributed by atoms with Crippen LogP contribution in [0.1, 0.15) is 6.42 Å². The maximum Gasteiger partial charge on any atom is 0.261 e. The van der Waals surface area contributed by atoms with Gasteiger partial charge in [0, 0.05) is 12.6 Å². The largest absolute Gasteiger partial charge is 0.350 e. The Morgan fingerprint density at radius 2 is 2.14 bits per heavy atom. The van der Waals surface area contributed by atoms with Gasteiger partial charge >= 0.3 is 0 Å². The first-order valence-corrected chi connectivity index (χ1v) is 7.17. The monoisotopic (exact) mass is 298 g/mol. The number of benzene rings is 1. The van der Waals surface area contributed by atoms with E-state index in [-0.39, 0.29) is 36.0 Å². The minimum absolute atomic E-state index is 0.0490. The lowest BCUT2D eigenvalue weighted by Crippen LogP contribution is -2.51. The summed E-state index contributed by atoms with van der Waals surface area (Å²) in [7, 11) is 0.